The van der Waals surface area contributed by atoms with Crippen LogP contribution in [0.15, 0.2) is 18.3 Å². The molecule has 16 heavy (non-hydrogen) atoms. The van der Waals surface area contributed by atoms with Crippen molar-refractivity contribution in [2.24, 2.45) is 0 Å². The molecule has 0 spiro atoms. The summed E-state index contributed by atoms with van der Waals surface area (Å²) in [6, 6.07) is 2.83. The van der Waals surface area contributed by atoms with Gasteiger partial charge in [0.25, 0.3) is 5.69 Å². The normalized spacial score (nSPS) is 10.1. The third-order valence-corrected chi connectivity index (χ3v) is 1.98. The fourth-order valence-electron chi connectivity index (χ4n) is 1.13. The molecule has 6 heteroatoms. The zero-order valence-corrected chi connectivity index (χ0v) is 8.83. The van der Waals surface area contributed by atoms with E-state index in [4.69, 9.17) is 9.84 Å². The molecule has 0 aromatic carbocycles. The number of ether oxygens (including phenoxy) is 1. The van der Waals surface area contributed by atoms with Gasteiger partial charge in [0.1, 0.15) is 6.20 Å². The number of rotatable bonds is 7. The lowest BCUT2D eigenvalue weighted by Gasteiger charge is -2.03. The summed E-state index contributed by atoms with van der Waals surface area (Å²) in [7, 11) is 0. The average molecular weight is 226 g/mol. The van der Waals surface area contributed by atoms with Gasteiger partial charge >= 0.3 is 0 Å². The zero-order valence-electron chi connectivity index (χ0n) is 8.83. The molecule has 0 amide bonds. The number of unbranched alkanes of at least 4 members (excludes halogenated alkanes) is 2. The maximum absolute atomic E-state index is 10.3. The quantitative estimate of drug-likeness (QED) is 0.433. The Kier molecular flexibility index (Phi) is 5.21. The van der Waals surface area contributed by atoms with Gasteiger partial charge in [-0.25, -0.2) is 4.98 Å². The van der Waals surface area contributed by atoms with Crippen LogP contribution in [0, 0.1) is 10.1 Å². The van der Waals surface area contributed by atoms with E-state index in [0.717, 1.165) is 19.3 Å². The Morgan fingerprint density at radius 3 is 2.75 bits per heavy atom. The second-order valence-electron chi connectivity index (χ2n) is 3.24. The largest absolute Gasteiger partial charge is 0.478 e. The van der Waals surface area contributed by atoms with Crippen molar-refractivity contribution in [3.05, 3.63) is 28.4 Å². The Bertz CT molecular complexity index is 326. The standard InChI is InChI=1S/C10H14N2O4/c13-6-2-1-3-7-16-10-5-4-9(8-11-10)12(14)15/h4-5,8,13H,1-3,6-7H2. The number of pyridine rings is 1. The monoisotopic (exact) mass is 226 g/mol. The van der Waals surface area contributed by atoms with Crippen molar-refractivity contribution in [3.63, 3.8) is 0 Å². The first-order chi connectivity index (χ1) is 7.74. The highest BCUT2D eigenvalue weighted by molar-refractivity contribution is 5.28. The van der Waals surface area contributed by atoms with Crippen molar-refractivity contribution in [2.45, 2.75) is 19.3 Å². The van der Waals surface area contributed by atoms with Gasteiger partial charge in [0.2, 0.25) is 5.88 Å². The number of aliphatic hydroxyl groups excluding tert-OH is 1. The molecule has 0 aliphatic carbocycles. The maximum Gasteiger partial charge on any atom is 0.287 e. The van der Waals surface area contributed by atoms with Gasteiger partial charge in [0.15, 0.2) is 0 Å². The van der Waals surface area contributed by atoms with E-state index >= 15 is 0 Å². The molecule has 1 rings (SSSR count). The molecule has 0 saturated heterocycles. The van der Waals surface area contributed by atoms with E-state index < -0.39 is 4.92 Å². The summed E-state index contributed by atoms with van der Waals surface area (Å²) in [5.74, 6) is 0.384. The van der Waals surface area contributed by atoms with E-state index in [1.165, 1.54) is 18.3 Å². The van der Waals surface area contributed by atoms with Gasteiger partial charge in [0.05, 0.1) is 11.5 Å². The molecule has 1 N–H and O–H groups in total. The number of aromatic nitrogens is 1. The van der Waals surface area contributed by atoms with Crippen LogP contribution in [0.25, 0.3) is 0 Å². The van der Waals surface area contributed by atoms with Gasteiger partial charge in [-0.2, -0.15) is 0 Å². The van der Waals surface area contributed by atoms with Crippen molar-refractivity contribution in [1.29, 1.82) is 0 Å². The average Bonchev–Trinajstić information content (AvgIpc) is 2.29. The maximum atomic E-state index is 10.3. The molecule has 1 heterocycles. The van der Waals surface area contributed by atoms with Crippen molar-refractivity contribution >= 4 is 5.69 Å². The summed E-state index contributed by atoms with van der Waals surface area (Å²) in [5.41, 5.74) is -0.0485. The summed E-state index contributed by atoms with van der Waals surface area (Å²) in [6.07, 6.45) is 3.66. The Hall–Kier alpha value is -1.69. The van der Waals surface area contributed by atoms with Gasteiger partial charge < -0.3 is 9.84 Å². The summed E-state index contributed by atoms with van der Waals surface area (Å²) in [6.45, 7) is 0.695. The predicted molar refractivity (Wildman–Crippen MR) is 57.3 cm³/mol. The van der Waals surface area contributed by atoms with Crippen LogP contribution in [-0.2, 0) is 0 Å². The molecular formula is C10H14N2O4. The van der Waals surface area contributed by atoms with E-state index in [2.05, 4.69) is 4.98 Å². The molecule has 1 aromatic rings. The first-order valence-corrected chi connectivity index (χ1v) is 5.08. The lowest BCUT2D eigenvalue weighted by molar-refractivity contribution is -0.385. The van der Waals surface area contributed by atoms with Gasteiger partial charge in [0, 0.05) is 18.7 Å². The number of aliphatic hydroxyl groups is 1. The van der Waals surface area contributed by atoms with Crippen molar-refractivity contribution in [2.75, 3.05) is 13.2 Å². The highest BCUT2D eigenvalue weighted by Crippen LogP contribution is 2.13. The second kappa shape index (κ2) is 6.73. The van der Waals surface area contributed by atoms with Gasteiger partial charge in [-0.1, -0.05) is 0 Å². The summed E-state index contributed by atoms with van der Waals surface area (Å²) in [5, 5.41) is 18.9. The third-order valence-electron chi connectivity index (χ3n) is 1.98. The first kappa shape index (κ1) is 12.4. The van der Waals surface area contributed by atoms with Gasteiger partial charge in [-0.3, -0.25) is 10.1 Å². The molecule has 0 fully saturated rings. The Labute approximate surface area is 93.0 Å². The van der Waals surface area contributed by atoms with Crippen LogP contribution in [0.5, 0.6) is 5.88 Å². The van der Waals surface area contributed by atoms with E-state index in [1.54, 1.807) is 0 Å². The summed E-state index contributed by atoms with van der Waals surface area (Å²) < 4.78 is 5.27. The molecule has 0 unspecified atom stereocenters. The van der Waals surface area contributed by atoms with E-state index in [9.17, 15) is 10.1 Å². The van der Waals surface area contributed by atoms with Crippen LogP contribution < -0.4 is 4.74 Å². The number of nitro groups is 1. The van der Waals surface area contributed by atoms with Crippen molar-refractivity contribution in [3.8, 4) is 5.88 Å². The molecule has 6 nitrogen and oxygen atoms in total. The topological polar surface area (TPSA) is 85.5 Å². The van der Waals surface area contributed by atoms with Crippen LogP contribution >= 0.6 is 0 Å². The highest BCUT2D eigenvalue weighted by Gasteiger charge is 2.05. The lowest BCUT2D eigenvalue weighted by atomic mass is 10.2. The molecule has 88 valence electrons. The Morgan fingerprint density at radius 2 is 2.19 bits per heavy atom. The van der Waals surface area contributed by atoms with Crippen LogP contribution in [0.2, 0.25) is 0 Å². The molecule has 0 bridgehead atoms. The van der Waals surface area contributed by atoms with Gasteiger partial charge in [-0.15, -0.1) is 0 Å². The summed E-state index contributed by atoms with van der Waals surface area (Å²) >= 11 is 0. The first-order valence-electron chi connectivity index (χ1n) is 5.08. The molecule has 1 aromatic heterocycles. The van der Waals surface area contributed by atoms with Crippen LogP contribution in [0.1, 0.15) is 19.3 Å². The third kappa shape index (κ3) is 4.22. The molecule has 0 saturated carbocycles. The van der Waals surface area contributed by atoms with Crippen LogP contribution in [0.3, 0.4) is 0 Å². The molecule has 0 radical (unpaired) electrons. The number of nitrogens with zero attached hydrogens (tertiary/aromatic N) is 2. The SMILES string of the molecule is O=[N+]([O-])c1ccc(OCCCCCO)nc1. The van der Waals surface area contributed by atoms with Crippen LogP contribution in [-0.4, -0.2) is 28.2 Å². The van der Waals surface area contributed by atoms with Crippen LogP contribution in [0.4, 0.5) is 5.69 Å². The minimum atomic E-state index is -0.502. The molecular weight excluding hydrogens is 212 g/mol. The Balaban J connectivity index is 2.29. The van der Waals surface area contributed by atoms with E-state index in [-0.39, 0.29) is 12.3 Å². The second-order valence-corrected chi connectivity index (χ2v) is 3.24. The smallest absolute Gasteiger partial charge is 0.287 e. The summed E-state index contributed by atoms with van der Waals surface area (Å²) in [4.78, 5) is 13.6. The fraction of sp³-hybridized carbons (Fsp3) is 0.500. The predicted octanol–water partition coefficient (Wildman–Crippen LogP) is 1.53. The number of hydrogen-bond acceptors (Lipinski definition) is 5. The van der Waals surface area contributed by atoms with Gasteiger partial charge in [-0.05, 0) is 19.3 Å². The van der Waals surface area contributed by atoms with Crippen molar-refractivity contribution in [1.82, 2.24) is 4.98 Å². The molecule has 0 aliphatic rings. The lowest BCUT2D eigenvalue weighted by Crippen LogP contribution is -2.00. The minimum absolute atomic E-state index is 0.0485. The fourth-order valence-corrected chi connectivity index (χ4v) is 1.13. The molecule has 0 aliphatic heterocycles. The highest BCUT2D eigenvalue weighted by atomic mass is 16.6. The molecule has 0 atom stereocenters. The minimum Gasteiger partial charge on any atom is -0.478 e. The van der Waals surface area contributed by atoms with Crippen molar-refractivity contribution < 1.29 is 14.8 Å². The Morgan fingerprint density at radius 1 is 1.38 bits per heavy atom. The van der Waals surface area contributed by atoms with E-state index in [0.29, 0.717) is 12.5 Å². The number of hydrogen-bond donors (Lipinski definition) is 1. The van der Waals surface area contributed by atoms with E-state index in [1.807, 2.05) is 0 Å². The zero-order chi connectivity index (χ0) is 11.8.